The van der Waals surface area contributed by atoms with Crippen LogP contribution in [0.25, 0.3) is 10.1 Å². The van der Waals surface area contributed by atoms with Gasteiger partial charge in [0.25, 0.3) is 0 Å². The minimum atomic E-state index is -0.0143. The van der Waals surface area contributed by atoms with Gasteiger partial charge in [0.2, 0.25) is 0 Å². The van der Waals surface area contributed by atoms with Gasteiger partial charge in [0.1, 0.15) is 0 Å². The summed E-state index contributed by atoms with van der Waals surface area (Å²) >= 11 is 1.70. The van der Waals surface area contributed by atoms with Crippen molar-refractivity contribution in [1.82, 2.24) is 0 Å². The van der Waals surface area contributed by atoms with E-state index in [1.165, 1.54) is 14.5 Å². The fourth-order valence-corrected chi connectivity index (χ4v) is 3.51. The number of nitrogens with zero attached hydrogens (tertiary/aromatic N) is 1. The molecule has 0 amide bonds. The average Bonchev–Trinajstić information content (AvgIpc) is 2.50. The first-order valence-corrected chi connectivity index (χ1v) is 6.03. The van der Waals surface area contributed by atoms with Gasteiger partial charge < -0.3 is 0 Å². The van der Waals surface area contributed by atoms with Crippen molar-refractivity contribution in [1.29, 1.82) is 5.26 Å². The third kappa shape index (κ3) is 1.25. The summed E-state index contributed by atoms with van der Waals surface area (Å²) in [4.78, 5) is 2.23. The molecule has 0 saturated heterocycles. The Balaban J connectivity index is 2.64. The number of thiophene rings is 1. The number of hydrogen-bond donors (Lipinski definition) is 0. The van der Waals surface area contributed by atoms with Crippen molar-refractivity contribution < 1.29 is 0 Å². The number of rotatable bonds is 1. The molecule has 0 unspecified atom stereocenters. The second kappa shape index (κ2) is 3.28. The maximum atomic E-state index is 8.58. The van der Waals surface area contributed by atoms with Gasteiger partial charge >= 0.3 is 80.7 Å². The topological polar surface area (TPSA) is 23.8 Å². The van der Waals surface area contributed by atoms with Gasteiger partial charge in [0, 0.05) is 0 Å². The van der Waals surface area contributed by atoms with Crippen LogP contribution in [0.3, 0.4) is 0 Å². The Morgan fingerprint density at radius 2 is 2.17 bits per heavy atom. The molecule has 0 aliphatic rings. The molecule has 1 nitrogen and oxygen atoms in total. The summed E-state index contributed by atoms with van der Waals surface area (Å²) in [5.41, 5.74) is 0. The van der Waals surface area contributed by atoms with Crippen LogP contribution in [-0.2, 0) is 0 Å². The van der Waals surface area contributed by atoms with Gasteiger partial charge in [-0.3, -0.25) is 0 Å². The monoisotopic (exact) mass is 239 g/mol. The Labute approximate surface area is 80.8 Å². The quantitative estimate of drug-likeness (QED) is 0.694. The van der Waals surface area contributed by atoms with E-state index in [1.807, 2.05) is 12.1 Å². The predicted molar refractivity (Wildman–Crippen MR) is 52.8 cm³/mol. The molecule has 0 aliphatic heterocycles. The molecule has 1 aromatic heterocycles. The third-order valence-corrected chi connectivity index (χ3v) is 4.26. The molecule has 0 radical (unpaired) electrons. The molecule has 0 atom stereocenters. The number of hydrogen-bond acceptors (Lipinski definition) is 2. The van der Waals surface area contributed by atoms with Crippen molar-refractivity contribution in [3.63, 3.8) is 0 Å². The number of benzene rings is 1. The zero-order valence-electron chi connectivity index (χ0n) is 6.15. The van der Waals surface area contributed by atoms with Gasteiger partial charge in [-0.2, -0.15) is 0 Å². The van der Waals surface area contributed by atoms with Crippen LogP contribution in [0.2, 0.25) is 0 Å². The Hall–Kier alpha value is -0.811. The standard InChI is InChI=1S/C9H5NSSe/c10-6-12-9-5-11-8-4-2-1-3-7(8)9/h1-5H. The Bertz CT molecular complexity index is 441. The molecular weight excluding hydrogens is 233 g/mol. The number of nitriles is 1. The summed E-state index contributed by atoms with van der Waals surface area (Å²) in [6.45, 7) is 0. The van der Waals surface area contributed by atoms with Gasteiger partial charge in [-0.15, -0.1) is 0 Å². The van der Waals surface area contributed by atoms with Gasteiger partial charge in [0.15, 0.2) is 0 Å². The van der Waals surface area contributed by atoms with E-state index < -0.39 is 0 Å². The predicted octanol–water partition coefficient (Wildman–Crippen LogP) is 1.71. The molecule has 1 heterocycles. The molecule has 2 aromatic rings. The molecule has 12 heavy (non-hydrogen) atoms. The van der Waals surface area contributed by atoms with E-state index in [4.69, 9.17) is 5.26 Å². The average molecular weight is 238 g/mol. The van der Waals surface area contributed by atoms with E-state index in [0.29, 0.717) is 0 Å². The Morgan fingerprint density at radius 3 is 3.00 bits per heavy atom. The van der Waals surface area contributed by atoms with E-state index in [1.54, 1.807) is 11.3 Å². The van der Waals surface area contributed by atoms with Gasteiger partial charge in [-0.05, 0) is 0 Å². The van der Waals surface area contributed by atoms with Crippen LogP contribution >= 0.6 is 11.3 Å². The van der Waals surface area contributed by atoms with Crippen LogP contribution in [0.1, 0.15) is 0 Å². The van der Waals surface area contributed by atoms with Crippen LogP contribution < -0.4 is 4.46 Å². The Kier molecular flexibility index (Phi) is 2.14. The van der Waals surface area contributed by atoms with Gasteiger partial charge in [-0.1, -0.05) is 0 Å². The Morgan fingerprint density at radius 1 is 1.33 bits per heavy atom. The van der Waals surface area contributed by atoms with E-state index >= 15 is 0 Å². The summed E-state index contributed by atoms with van der Waals surface area (Å²) in [6.07, 6.45) is 0. The van der Waals surface area contributed by atoms with Crippen molar-refractivity contribution in [2.45, 2.75) is 0 Å². The van der Waals surface area contributed by atoms with Crippen molar-refractivity contribution in [2.75, 3.05) is 0 Å². The van der Waals surface area contributed by atoms with E-state index in [-0.39, 0.29) is 15.0 Å². The van der Waals surface area contributed by atoms with Crippen LogP contribution in [0.15, 0.2) is 29.6 Å². The molecule has 58 valence electrons. The van der Waals surface area contributed by atoms with E-state index in [2.05, 4.69) is 22.5 Å². The summed E-state index contributed by atoms with van der Waals surface area (Å²) in [5.74, 6) is 0. The summed E-state index contributed by atoms with van der Waals surface area (Å²) in [6, 6.07) is 8.23. The number of fused-ring (bicyclic) bond motifs is 1. The molecule has 0 spiro atoms. The molecule has 1 aromatic carbocycles. The zero-order chi connectivity index (χ0) is 8.39. The summed E-state index contributed by atoms with van der Waals surface area (Å²) < 4.78 is 2.50. The molecule has 0 saturated carbocycles. The first-order valence-electron chi connectivity index (χ1n) is 3.44. The molecule has 0 bridgehead atoms. The van der Waals surface area contributed by atoms with E-state index in [9.17, 15) is 0 Å². The molecule has 2 rings (SSSR count). The molecule has 3 heteroatoms. The summed E-state index contributed by atoms with van der Waals surface area (Å²) in [5, 5.41) is 11.9. The molecule has 0 fully saturated rings. The second-order valence-corrected chi connectivity index (χ2v) is 4.93. The van der Waals surface area contributed by atoms with Crippen molar-refractivity contribution >= 4 is 40.8 Å². The third-order valence-electron chi connectivity index (χ3n) is 1.60. The van der Waals surface area contributed by atoms with Gasteiger partial charge in [0.05, 0.1) is 0 Å². The maximum absolute atomic E-state index is 8.58. The first kappa shape index (κ1) is 7.82. The first-order chi connectivity index (χ1) is 5.92. The molecular formula is C9H5NSSe. The minimum absolute atomic E-state index is 0.0143. The fraction of sp³-hybridized carbons (Fsp3) is 0. The van der Waals surface area contributed by atoms with Crippen LogP contribution in [0.4, 0.5) is 0 Å². The summed E-state index contributed by atoms with van der Waals surface area (Å²) in [7, 11) is 0. The van der Waals surface area contributed by atoms with Crippen molar-refractivity contribution in [2.24, 2.45) is 0 Å². The second-order valence-electron chi connectivity index (χ2n) is 2.29. The SMILES string of the molecule is N#C[Se]c1csc2ccccc12. The van der Waals surface area contributed by atoms with Crippen LogP contribution in [0, 0.1) is 10.2 Å². The van der Waals surface area contributed by atoms with Gasteiger partial charge in [-0.25, -0.2) is 0 Å². The van der Waals surface area contributed by atoms with Crippen molar-refractivity contribution in [3.8, 4) is 4.97 Å². The van der Waals surface area contributed by atoms with Crippen LogP contribution in [-0.4, -0.2) is 15.0 Å². The van der Waals surface area contributed by atoms with E-state index in [0.717, 1.165) is 0 Å². The van der Waals surface area contributed by atoms with Crippen molar-refractivity contribution in [3.05, 3.63) is 29.6 Å². The fourth-order valence-electron chi connectivity index (χ4n) is 1.08. The molecule has 0 N–H and O–H groups in total. The normalized spacial score (nSPS) is 9.92. The molecule has 0 aliphatic carbocycles. The van der Waals surface area contributed by atoms with Crippen LogP contribution in [0.5, 0.6) is 0 Å². The zero-order valence-corrected chi connectivity index (χ0v) is 8.68.